The van der Waals surface area contributed by atoms with Gasteiger partial charge in [0.25, 0.3) is 6.47 Å². The standard InChI is InChI=1S/C19H29N5O2.C12H19N4.C8H12N4.C7H11NO2.C7H10O2.C4H8Br2.CH2O3.4CH4.BrH.K.H3N.2Na.H/c1-19(2)14-16(25)24(17(26)15-19)9-4-3-8-22-10-12-23(13-11-22)18-20-6-5-7-21-18;1-2-9-16(8-1)10-6-15(7-11-16)12-13-4-3-5-14-12;1-2-10-8(11-3-1)12-6-4-9-5-7-12;1-7(2)3-5(9)8-6(10)4-7;1-7(2,3-5-8)4-6-9;5-3-1-2-4-6;2-1-4-3;;;;;;;;;;/h5-7H,3-4,8-15H2,1-2H3;3-5H,1-2,6-11H2;1-3,9H,4-7H2;3-4H2,1-2H3,(H,8,9,10);3-4H2,1-2H3;1-4H2;1,3H;4*1H4;1H;;1H3;;;/q;+1;;;-2;;;;;;;;+1;;2*+1;-1/p-2. The van der Waals surface area contributed by atoms with Gasteiger partial charge in [0, 0.05) is 145 Å². The first-order valence-corrected chi connectivity index (χ1v) is 31.0. The van der Waals surface area contributed by atoms with Gasteiger partial charge in [-0.05, 0) is 61.3 Å². The predicted octanol–water partition coefficient (Wildman–Crippen LogP) is -4.37. The molecule has 9 heterocycles. The molecule has 0 aromatic carbocycles. The number of carbonyl (C=O) groups is 5. The van der Waals surface area contributed by atoms with E-state index in [4.69, 9.17) is 10.1 Å². The Balaban J connectivity index is -0.000000159. The molecular formula is C62H110Br3KN15Na2O9-. The van der Waals surface area contributed by atoms with E-state index in [0.29, 0.717) is 45.1 Å². The Morgan fingerprint density at radius 2 is 0.957 bits per heavy atom. The Labute approximate surface area is 668 Å². The quantitative estimate of drug-likeness (QED) is 0.0140. The number of piperidine rings is 2. The summed E-state index contributed by atoms with van der Waals surface area (Å²) in [6.45, 7) is 28.4. The fourth-order valence-corrected chi connectivity index (χ4v) is 10.6. The van der Waals surface area contributed by atoms with E-state index in [0.717, 1.165) is 113 Å². The normalized spacial score (nSPS) is 17.0. The van der Waals surface area contributed by atoms with Crippen molar-refractivity contribution < 1.29 is 177 Å². The molecule has 9 rings (SSSR count). The second kappa shape index (κ2) is 58.6. The average Bonchev–Trinajstić information content (AvgIpc) is 2.19. The minimum Gasteiger partial charge on any atom is -1.00 e. The Morgan fingerprint density at radius 1 is 0.609 bits per heavy atom. The van der Waals surface area contributed by atoms with Crippen LogP contribution in [0.5, 0.6) is 0 Å². The summed E-state index contributed by atoms with van der Waals surface area (Å²) >= 11 is 6.66. The predicted molar refractivity (Wildman–Crippen MR) is 358 cm³/mol. The SMILES string of the molecule is BrCCCCBr.C.C.C.C.CC(C)(C[C-]=O)C[C-]=O.CC1(C)CC(=O)N(CCCCN2CCN(c3ncccn3)CC2)C(=O)C1.CC1(C)CC(=O)NC(=O)C1.N.O=CO[O-].[Br-].[H-].[K+].[Na+].[Na+].c1cnc(N2CCNCC2)nc1.c1cnc(N2CC[N+]3(CCCC3)CC2)nc1. The number of anilines is 3. The zero-order chi connectivity index (χ0) is 61.0. The molecule has 3 aromatic heterocycles. The number of aromatic nitrogens is 6. The zero-order valence-electron chi connectivity index (χ0n) is 54.9. The van der Waals surface area contributed by atoms with Crippen molar-refractivity contribution in [1.82, 2.24) is 56.5 Å². The molecule has 0 atom stereocenters. The van der Waals surface area contributed by atoms with E-state index < -0.39 is 0 Å². The van der Waals surface area contributed by atoms with Crippen LogP contribution < -0.4 is 164 Å². The Kier molecular flexibility index (Phi) is 66.2. The molecule has 0 bridgehead atoms. The summed E-state index contributed by atoms with van der Waals surface area (Å²) in [5, 5.41) is 16.2. The molecule has 30 heteroatoms. The van der Waals surface area contributed by atoms with Crippen molar-refractivity contribution in [1.29, 1.82) is 0 Å². The maximum Gasteiger partial charge on any atom is 1.00 e. The van der Waals surface area contributed by atoms with Crippen molar-refractivity contribution in [3.05, 3.63) is 55.4 Å². The Morgan fingerprint density at radius 3 is 1.30 bits per heavy atom. The third kappa shape index (κ3) is 43.8. The van der Waals surface area contributed by atoms with Gasteiger partial charge in [0.1, 0.15) is 0 Å². The van der Waals surface area contributed by atoms with E-state index >= 15 is 0 Å². The van der Waals surface area contributed by atoms with Crippen LogP contribution in [0.25, 0.3) is 0 Å². The zero-order valence-corrected chi connectivity index (χ0v) is 65.7. The summed E-state index contributed by atoms with van der Waals surface area (Å²) in [7, 11) is 0. The summed E-state index contributed by atoms with van der Waals surface area (Å²) in [6, 6.07) is 5.55. The molecule has 6 aliphatic heterocycles. The first-order valence-electron chi connectivity index (χ1n) is 28.8. The van der Waals surface area contributed by atoms with Crippen LogP contribution in [0.2, 0.25) is 0 Å². The largest absolute Gasteiger partial charge is 1.00 e. The van der Waals surface area contributed by atoms with Gasteiger partial charge < -0.3 is 68.8 Å². The summed E-state index contributed by atoms with van der Waals surface area (Å²) in [6.07, 6.45) is 24.1. The summed E-state index contributed by atoms with van der Waals surface area (Å²) < 4.78 is 1.35. The number of alkyl halides is 2. The third-order valence-corrected chi connectivity index (χ3v) is 15.5. The van der Waals surface area contributed by atoms with E-state index in [1.54, 1.807) is 37.4 Å². The van der Waals surface area contributed by atoms with Crippen molar-refractivity contribution in [2.24, 2.45) is 16.2 Å². The minimum atomic E-state index is -0.247. The van der Waals surface area contributed by atoms with Crippen molar-refractivity contribution in [2.45, 2.75) is 148 Å². The van der Waals surface area contributed by atoms with E-state index in [1.807, 2.05) is 72.1 Å². The van der Waals surface area contributed by atoms with Gasteiger partial charge in [0.05, 0.1) is 39.3 Å². The molecule has 24 nitrogen and oxygen atoms in total. The fraction of sp³-hybridized carbons (Fsp3) is 0.694. The van der Waals surface area contributed by atoms with Crippen molar-refractivity contribution in [3.63, 3.8) is 0 Å². The molecule has 0 radical (unpaired) electrons. The number of amides is 4. The second-order valence-electron chi connectivity index (χ2n) is 23.4. The number of imide groups is 2. The van der Waals surface area contributed by atoms with Gasteiger partial charge in [-0.2, -0.15) is 0 Å². The van der Waals surface area contributed by atoms with E-state index in [1.165, 1.54) is 61.2 Å². The molecule has 6 saturated heterocycles. The van der Waals surface area contributed by atoms with Crippen LogP contribution in [0.3, 0.4) is 0 Å². The number of unbranched alkanes of at least 4 members (excludes halogenated alkanes) is 2. The molecule has 0 aliphatic carbocycles. The maximum atomic E-state index is 12.2. The summed E-state index contributed by atoms with van der Waals surface area (Å²) in [4.78, 5) is 113. The van der Waals surface area contributed by atoms with Gasteiger partial charge in [-0.1, -0.05) is 109 Å². The van der Waals surface area contributed by atoms with Gasteiger partial charge in [-0.25, -0.2) is 29.9 Å². The first-order chi connectivity index (χ1) is 39.7. The van der Waals surface area contributed by atoms with Crippen LogP contribution in [0.1, 0.15) is 150 Å². The van der Waals surface area contributed by atoms with Crippen LogP contribution in [0.15, 0.2) is 55.4 Å². The number of nitrogens with zero attached hydrogens (tertiary/aromatic N) is 12. The number of halogens is 3. The molecular weight excluding hydrogens is 1420 g/mol. The first kappa shape index (κ1) is 104. The molecule has 0 unspecified atom stereocenters. The minimum absolute atomic E-state index is 0. The molecule has 1 spiro atoms. The third-order valence-electron chi connectivity index (χ3n) is 14.4. The van der Waals surface area contributed by atoms with Gasteiger partial charge in [-0.15, -0.1) is 12.8 Å². The number of carbonyl (C=O) groups excluding carboxylic acids is 7. The topological polar surface area (TPSA) is 304 Å². The number of quaternary nitrogens is 1. The van der Waals surface area contributed by atoms with E-state index in [-0.39, 0.29) is 211 Å². The molecule has 0 saturated carbocycles. The summed E-state index contributed by atoms with van der Waals surface area (Å²) in [5.41, 5.74) is -0.574. The molecule has 3 aromatic rings. The molecule has 92 heavy (non-hydrogen) atoms. The van der Waals surface area contributed by atoms with Crippen molar-refractivity contribution in [2.75, 3.05) is 130 Å². The van der Waals surface area contributed by atoms with Crippen molar-refractivity contribution in [3.8, 4) is 0 Å². The Bertz CT molecular complexity index is 2300. The van der Waals surface area contributed by atoms with E-state index in [9.17, 15) is 28.8 Å². The smallest absolute Gasteiger partial charge is 1.00 e. The van der Waals surface area contributed by atoms with Gasteiger partial charge >= 0.3 is 110 Å². The monoisotopic (exact) mass is 1530 g/mol. The van der Waals surface area contributed by atoms with Crippen LogP contribution in [-0.4, -0.2) is 202 Å². The molecule has 6 fully saturated rings. The van der Waals surface area contributed by atoms with Crippen LogP contribution in [0.4, 0.5) is 17.8 Å². The summed E-state index contributed by atoms with van der Waals surface area (Å²) in [5.74, 6) is 2.23. The number of hydrogen-bond donors (Lipinski definition) is 3. The maximum absolute atomic E-state index is 12.2. The second-order valence-corrected chi connectivity index (χ2v) is 25.0. The fourth-order valence-electron chi connectivity index (χ4n) is 9.83. The van der Waals surface area contributed by atoms with Crippen LogP contribution in [-0.2, 0) is 38.4 Å². The van der Waals surface area contributed by atoms with Gasteiger partial charge in [-0.3, -0.25) is 51.7 Å². The van der Waals surface area contributed by atoms with Gasteiger partial charge in [0.2, 0.25) is 41.5 Å². The van der Waals surface area contributed by atoms with Crippen LogP contribution in [0, 0.1) is 16.2 Å². The number of piperazine rings is 3. The number of rotatable bonds is 16. The van der Waals surface area contributed by atoms with Gasteiger partial charge in [0.15, 0.2) is 0 Å². The number of hydrogen-bond acceptors (Lipinski definition) is 21. The number of nitrogens with one attached hydrogen (secondary N) is 2. The molecule has 512 valence electrons. The van der Waals surface area contributed by atoms with Crippen LogP contribution >= 0.6 is 31.9 Å². The molecule has 5 N–H and O–H groups in total. The molecule has 4 amide bonds. The number of likely N-dealkylation sites (tertiary alicyclic amines) is 1. The average molecular weight is 1530 g/mol. The Hall–Kier alpha value is -1.39. The van der Waals surface area contributed by atoms with Crippen molar-refractivity contribution >= 4 is 92.4 Å². The van der Waals surface area contributed by atoms with E-state index in [2.05, 4.69) is 96.9 Å². The molecule has 6 aliphatic rings.